The van der Waals surface area contributed by atoms with Crippen molar-refractivity contribution in [2.24, 2.45) is 4.99 Å². The van der Waals surface area contributed by atoms with Gasteiger partial charge in [-0.1, -0.05) is 60.7 Å². The molecule has 0 heterocycles. The third-order valence-corrected chi connectivity index (χ3v) is 3.45. The quantitative estimate of drug-likeness (QED) is 0.193. The number of benzene rings is 2. The second-order valence-corrected chi connectivity index (χ2v) is 5.58. The van der Waals surface area contributed by atoms with Crippen LogP contribution in [0.5, 0.6) is 0 Å². The van der Waals surface area contributed by atoms with Crippen LogP contribution in [0, 0.1) is 0 Å². The number of carbonyl (C=O) groups excluding carboxylic acids is 2. The maximum atomic E-state index is 12.8. The van der Waals surface area contributed by atoms with Crippen LogP contribution in [-0.4, -0.2) is 28.1 Å². The van der Waals surface area contributed by atoms with Gasteiger partial charge in [0.1, 0.15) is 5.76 Å². The number of allylic oxidation sites excluding steroid dienone is 1. The minimum absolute atomic E-state index is 0.0191. The van der Waals surface area contributed by atoms with E-state index in [4.69, 9.17) is 12.2 Å². The number of hydrogen-bond donors (Lipinski definition) is 3. The van der Waals surface area contributed by atoms with E-state index in [-0.39, 0.29) is 22.4 Å². The zero-order chi connectivity index (χ0) is 18.9. The Balaban J connectivity index is 2.38. The van der Waals surface area contributed by atoms with E-state index in [2.05, 4.69) is 15.8 Å². The van der Waals surface area contributed by atoms with Crippen LogP contribution in [0.3, 0.4) is 0 Å². The van der Waals surface area contributed by atoms with Crippen LogP contribution in [-0.2, 0) is 4.79 Å². The monoisotopic (exact) mass is 367 g/mol. The van der Waals surface area contributed by atoms with Gasteiger partial charge in [-0.15, -0.1) is 0 Å². The molecular formula is C19H17N3O3S. The number of aliphatic imine (C=N–C) groups is 1. The van der Waals surface area contributed by atoms with Crippen molar-refractivity contribution in [2.75, 3.05) is 0 Å². The van der Waals surface area contributed by atoms with Crippen LogP contribution in [0.2, 0.25) is 0 Å². The average molecular weight is 367 g/mol. The molecule has 0 bridgehead atoms. The molecule has 2 aromatic rings. The Labute approximate surface area is 156 Å². The van der Waals surface area contributed by atoms with Crippen LogP contribution in [0.4, 0.5) is 0 Å². The summed E-state index contributed by atoms with van der Waals surface area (Å²) in [7, 11) is 0. The zero-order valence-electron chi connectivity index (χ0n) is 14.0. The summed E-state index contributed by atoms with van der Waals surface area (Å²) in [5.41, 5.74) is 5.55. The van der Waals surface area contributed by atoms with Gasteiger partial charge < -0.3 is 5.11 Å². The highest BCUT2D eigenvalue weighted by molar-refractivity contribution is 7.80. The Morgan fingerprint density at radius 2 is 1.50 bits per heavy atom. The fourth-order valence-electron chi connectivity index (χ4n) is 2.02. The molecule has 0 fully saturated rings. The maximum absolute atomic E-state index is 12.8. The number of hydrogen-bond acceptors (Lipinski definition) is 4. The Morgan fingerprint density at radius 3 is 2.04 bits per heavy atom. The van der Waals surface area contributed by atoms with E-state index in [1.165, 1.54) is 13.1 Å². The number of carbonyl (C=O) groups is 2. The predicted octanol–water partition coefficient (Wildman–Crippen LogP) is 2.84. The molecule has 0 aliphatic carbocycles. The highest BCUT2D eigenvalue weighted by atomic mass is 32.1. The molecular weight excluding hydrogens is 350 g/mol. The number of ketones is 1. The Hall–Kier alpha value is -3.32. The molecule has 0 saturated carbocycles. The summed E-state index contributed by atoms with van der Waals surface area (Å²) in [5.74, 6) is -0.964. The molecule has 0 saturated heterocycles. The Kier molecular flexibility index (Phi) is 6.75. The van der Waals surface area contributed by atoms with Gasteiger partial charge in [0, 0.05) is 24.3 Å². The number of amides is 1. The number of nitrogens with one attached hydrogen (secondary N) is 2. The fraction of sp³-hybridized carbons (Fsp3) is 0.0526. The molecule has 26 heavy (non-hydrogen) atoms. The lowest BCUT2D eigenvalue weighted by molar-refractivity contribution is -0.119. The highest BCUT2D eigenvalue weighted by Gasteiger charge is 2.17. The largest absolute Gasteiger partial charge is 0.506 e. The number of thiocarbonyl (C=S) groups is 1. The van der Waals surface area contributed by atoms with Gasteiger partial charge in [0.25, 0.3) is 0 Å². The van der Waals surface area contributed by atoms with Crippen LogP contribution in [0.15, 0.2) is 71.2 Å². The van der Waals surface area contributed by atoms with E-state index in [0.717, 1.165) is 0 Å². The molecule has 0 aliphatic heterocycles. The van der Waals surface area contributed by atoms with Gasteiger partial charge in [0.15, 0.2) is 5.78 Å². The van der Waals surface area contributed by atoms with Crippen molar-refractivity contribution in [1.82, 2.24) is 10.9 Å². The topological polar surface area (TPSA) is 90.8 Å². The first kappa shape index (κ1) is 19.0. The smallest absolute Gasteiger partial charge is 0.235 e. The normalized spacial score (nSPS) is 11.6. The number of nitrogens with zero attached hydrogens (tertiary/aromatic N) is 1. The van der Waals surface area contributed by atoms with E-state index < -0.39 is 5.78 Å². The Morgan fingerprint density at radius 1 is 0.962 bits per heavy atom. The summed E-state index contributed by atoms with van der Waals surface area (Å²) in [5, 5.41) is 10.5. The van der Waals surface area contributed by atoms with E-state index in [1.54, 1.807) is 60.7 Å². The molecule has 2 aromatic carbocycles. The summed E-state index contributed by atoms with van der Waals surface area (Å²) in [6.45, 7) is 1.31. The molecule has 0 aromatic heterocycles. The number of rotatable bonds is 4. The van der Waals surface area contributed by atoms with Crippen molar-refractivity contribution in [2.45, 2.75) is 6.92 Å². The first-order chi connectivity index (χ1) is 12.5. The van der Waals surface area contributed by atoms with Crippen molar-refractivity contribution in [3.63, 3.8) is 0 Å². The van der Waals surface area contributed by atoms with E-state index in [9.17, 15) is 14.7 Å². The number of aliphatic hydroxyl groups is 1. The standard InChI is InChI=1S/C19H17N3O3S/c1-13(23)21-22-19(26)20-12-16(17(24)14-8-4-2-5-9-14)18(25)15-10-6-3-7-11-15/h2-12,24H,1H3,(H,21,23)(H,22,26). The minimum Gasteiger partial charge on any atom is -0.506 e. The second kappa shape index (κ2) is 9.24. The lowest BCUT2D eigenvalue weighted by Crippen LogP contribution is -2.38. The van der Waals surface area contributed by atoms with E-state index >= 15 is 0 Å². The third-order valence-electron chi connectivity index (χ3n) is 3.24. The molecule has 7 heteroatoms. The average Bonchev–Trinajstić information content (AvgIpc) is 2.67. The zero-order valence-corrected chi connectivity index (χ0v) is 14.8. The van der Waals surface area contributed by atoms with Gasteiger partial charge in [-0.25, -0.2) is 4.99 Å². The van der Waals surface area contributed by atoms with Crippen LogP contribution >= 0.6 is 12.2 Å². The summed E-state index contributed by atoms with van der Waals surface area (Å²) in [6.07, 6.45) is 1.18. The summed E-state index contributed by atoms with van der Waals surface area (Å²) < 4.78 is 0. The van der Waals surface area contributed by atoms with Crippen LogP contribution < -0.4 is 10.9 Å². The highest BCUT2D eigenvalue weighted by Crippen LogP contribution is 2.18. The Bertz CT molecular complexity index is 862. The summed E-state index contributed by atoms with van der Waals surface area (Å²) >= 11 is 4.96. The molecule has 0 aliphatic rings. The number of hydrazine groups is 1. The van der Waals surface area contributed by atoms with Gasteiger partial charge in [0.2, 0.25) is 11.0 Å². The molecule has 0 atom stereocenters. The molecule has 1 amide bonds. The SMILES string of the molecule is CC(=O)NNC(=S)N=CC(C(=O)c1ccccc1)=C(O)c1ccccc1. The minimum atomic E-state index is -0.405. The van der Waals surface area contributed by atoms with Crippen LogP contribution in [0.1, 0.15) is 22.8 Å². The van der Waals surface area contributed by atoms with Crippen molar-refractivity contribution in [3.8, 4) is 0 Å². The van der Waals surface area contributed by atoms with Gasteiger partial charge in [-0.2, -0.15) is 0 Å². The van der Waals surface area contributed by atoms with Gasteiger partial charge >= 0.3 is 0 Å². The molecule has 3 N–H and O–H groups in total. The van der Waals surface area contributed by atoms with Gasteiger partial charge in [-0.3, -0.25) is 20.4 Å². The van der Waals surface area contributed by atoms with Crippen molar-refractivity contribution >= 4 is 41.0 Å². The van der Waals surface area contributed by atoms with Crippen LogP contribution in [0.25, 0.3) is 5.76 Å². The number of Topliss-reactive ketones (excluding diaryl/α,β-unsaturated/α-hetero) is 1. The molecule has 0 spiro atoms. The predicted molar refractivity (Wildman–Crippen MR) is 105 cm³/mol. The molecule has 0 unspecified atom stereocenters. The molecule has 2 rings (SSSR count). The van der Waals surface area contributed by atoms with Crippen molar-refractivity contribution in [1.29, 1.82) is 0 Å². The van der Waals surface area contributed by atoms with E-state index in [1.807, 2.05) is 0 Å². The first-order valence-corrected chi connectivity index (χ1v) is 8.09. The number of aliphatic hydroxyl groups excluding tert-OH is 1. The van der Waals surface area contributed by atoms with Gasteiger partial charge in [-0.05, 0) is 12.2 Å². The summed E-state index contributed by atoms with van der Waals surface area (Å²) in [4.78, 5) is 27.6. The fourth-order valence-corrected chi connectivity index (χ4v) is 2.12. The molecule has 0 radical (unpaired) electrons. The second-order valence-electron chi connectivity index (χ2n) is 5.19. The lowest BCUT2D eigenvalue weighted by Gasteiger charge is -2.08. The van der Waals surface area contributed by atoms with Crippen molar-refractivity contribution in [3.05, 3.63) is 77.4 Å². The summed E-state index contributed by atoms with van der Waals surface area (Å²) in [6, 6.07) is 17.2. The molecule has 132 valence electrons. The lowest BCUT2D eigenvalue weighted by atomic mass is 10.0. The van der Waals surface area contributed by atoms with E-state index in [0.29, 0.717) is 11.1 Å². The molecule has 6 nitrogen and oxygen atoms in total. The van der Waals surface area contributed by atoms with Crippen molar-refractivity contribution < 1.29 is 14.7 Å². The first-order valence-electron chi connectivity index (χ1n) is 7.68. The maximum Gasteiger partial charge on any atom is 0.235 e. The third kappa shape index (κ3) is 5.35. The van der Waals surface area contributed by atoms with Gasteiger partial charge in [0.05, 0.1) is 5.57 Å².